The molecule has 0 radical (unpaired) electrons. The number of hydrogen-bond donors (Lipinski definition) is 0. The van der Waals surface area contributed by atoms with Crippen molar-refractivity contribution >= 4 is 58.2 Å². The number of ether oxygens (including phenoxy) is 3. The zero-order valence-electron chi connectivity index (χ0n) is 23.5. The second kappa shape index (κ2) is 13.3. The standard InChI is InChI=1S/C31H22Cl3F3N2O5S/c1-3-43-29(41)25-26(18-6-8-19(32)9-7-18)39-28(40)24(45-30(39)38-27(25)31(35,36)37)14-16-5-11-22(23(13-16)42-2)44-15-17-4-10-20(33)21(34)12-17/h4-14,26H,3,15H2,1-2H3/b24-14-/t26-/m1/s1. The molecule has 1 aliphatic heterocycles. The quantitative estimate of drug-likeness (QED) is 0.188. The van der Waals surface area contributed by atoms with Crippen LogP contribution in [0.1, 0.15) is 29.7 Å². The van der Waals surface area contributed by atoms with Gasteiger partial charge in [-0.05, 0) is 66.1 Å². The number of benzene rings is 3. The summed E-state index contributed by atoms with van der Waals surface area (Å²) in [6.45, 7) is 1.45. The van der Waals surface area contributed by atoms with E-state index >= 15 is 0 Å². The summed E-state index contributed by atoms with van der Waals surface area (Å²) >= 11 is 18.8. The predicted molar refractivity (Wildman–Crippen MR) is 166 cm³/mol. The third kappa shape index (κ3) is 6.91. The van der Waals surface area contributed by atoms with Gasteiger partial charge in [0.05, 0.1) is 39.9 Å². The van der Waals surface area contributed by atoms with Gasteiger partial charge < -0.3 is 14.2 Å². The Kier molecular flexibility index (Phi) is 9.64. The van der Waals surface area contributed by atoms with Gasteiger partial charge in [-0.25, -0.2) is 9.79 Å². The number of alkyl halides is 3. The molecule has 45 heavy (non-hydrogen) atoms. The molecule has 1 aliphatic rings. The average Bonchev–Trinajstić information content (AvgIpc) is 3.31. The van der Waals surface area contributed by atoms with Crippen LogP contribution in [0.2, 0.25) is 15.1 Å². The van der Waals surface area contributed by atoms with Gasteiger partial charge in [-0.3, -0.25) is 9.36 Å². The molecular weight excluding hydrogens is 676 g/mol. The van der Waals surface area contributed by atoms with Crippen LogP contribution in [0.3, 0.4) is 0 Å². The molecule has 0 unspecified atom stereocenters. The lowest BCUT2D eigenvalue weighted by atomic mass is 9.95. The summed E-state index contributed by atoms with van der Waals surface area (Å²) in [6.07, 6.45) is -3.52. The maximum Gasteiger partial charge on any atom is 0.434 e. The van der Waals surface area contributed by atoms with Crippen molar-refractivity contribution in [2.75, 3.05) is 13.7 Å². The molecule has 4 aromatic rings. The van der Waals surface area contributed by atoms with Crippen LogP contribution >= 0.6 is 46.1 Å². The van der Waals surface area contributed by atoms with Crippen LogP contribution in [-0.4, -0.2) is 30.4 Å². The summed E-state index contributed by atoms with van der Waals surface area (Å²) in [4.78, 5) is 30.3. The maximum absolute atomic E-state index is 14.3. The SMILES string of the molecule is CCOC(=O)C1=C(C(F)(F)F)N=c2s/c(=C\c3ccc(OCc4ccc(Cl)c(Cl)c4)c(OC)c3)c(=O)n2[C@@H]1c1ccc(Cl)cc1. The Morgan fingerprint density at radius 2 is 1.76 bits per heavy atom. The van der Waals surface area contributed by atoms with Gasteiger partial charge in [-0.15, -0.1) is 0 Å². The largest absolute Gasteiger partial charge is 0.493 e. The monoisotopic (exact) mass is 696 g/mol. The molecule has 7 nitrogen and oxygen atoms in total. The summed E-state index contributed by atoms with van der Waals surface area (Å²) in [5, 5.41) is 1.12. The Balaban J connectivity index is 1.59. The van der Waals surface area contributed by atoms with Crippen LogP contribution in [0.15, 0.2) is 81.7 Å². The van der Waals surface area contributed by atoms with E-state index in [1.807, 2.05) is 0 Å². The van der Waals surface area contributed by atoms with E-state index in [1.165, 1.54) is 44.4 Å². The van der Waals surface area contributed by atoms with E-state index in [1.54, 1.807) is 36.4 Å². The van der Waals surface area contributed by atoms with E-state index < -0.39 is 35.0 Å². The van der Waals surface area contributed by atoms with Crippen molar-refractivity contribution in [2.45, 2.75) is 25.7 Å². The van der Waals surface area contributed by atoms with Crippen LogP contribution in [0.5, 0.6) is 11.5 Å². The highest BCUT2D eigenvalue weighted by molar-refractivity contribution is 7.07. The van der Waals surface area contributed by atoms with E-state index in [0.717, 1.165) is 21.5 Å². The lowest BCUT2D eigenvalue weighted by molar-refractivity contribution is -0.140. The molecule has 3 aromatic carbocycles. The van der Waals surface area contributed by atoms with Crippen molar-refractivity contribution in [2.24, 2.45) is 4.99 Å². The lowest BCUT2D eigenvalue weighted by Gasteiger charge is -2.26. The van der Waals surface area contributed by atoms with Crippen molar-refractivity contribution in [1.29, 1.82) is 0 Å². The first kappa shape index (κ1) is 32.6. The molecule has 1 atom stereocenters. The number of esters is 1. The molecule has 0 spiro atoms. The highest BCUT2D eigenvalue weighted by Gasteiger charge is 2.45. The number of hydrogen-bond acceptors (Lipinski definition) is 7. The third-order valence-electron chi connectivity index (χ3n) is 6.64. The first-order chi connectivity index (χ1) is 21.4. The smallest absolute Gasteiger partial charge is 0.434 e. The number of halogens is 6. The number of carbonyl (C=O) groups excluding carboxylic acids is 1. The van der Waals surface area contributed by atoms with Crippen molar-refractivity contribution in [3.05, 3.63) is 123 Å². The summed E-state index contributed by atoms with van der Waals surface area (Å²) in [6, 6.07) is 14.4. The van der Waals surface area contributed by atoms with Crippen molar-refractivity contribution < 1.29 is 32.2 Å². The van der Waals surface area contributed by atoms with Gasteiger partial charge in [0.1, 0.15) is 6.61 Å². The Bertz CT molecular complexity index is 1990. The molecule has 0 amide bonds. The Labute approximate surface area is 273 Å². The van der Waals surface area contributed by atoms with E-state index in [0.29, 0.717) is 32.1 Å². The molecule has 0 bridgehead atoms. The molecule has 234 valence electrons. The van der Waals surface area contributed by atoms with Crippen LogP contribution in [0.25, 0.3) is 6.08 Å². The van der Waals surface area contributed by atoms with Gasteiger partial charge in [0, 0.05) is 5.02 Å². The molecule has 2 heterocycles. The minimum atomic E-state index is -5.01. The van der Waals surface area contributed by atoms with Gasteiger partial charge >= 0.3 is 12.1 Å². The summed E-state index contributed by atoms with van der Waals surface area (Å²) in [5.41, 5.74) is -1.39. The normalized spacial score (nSPS) is 15.0. The molecule has 0 N–H and O–H groups in total. The predicted octanol–water partition coefficient (Wildman–Crippen LogP) is 6.89. The number of fused-ring (bicyclic) bond motifs is 1. The van der Waals surface area contributed by atoms with Crippen molar-refractivity contribution in [3.63, 3.8) is 0 Å². The second-order valence-electron chi connectivity index (χ2n) is 9.56. The maximum atomic E-state index is 14.3. The number of nitrogens with zero attached hydrogens (tertiary/aromatic N) is 2. The Hall–Kier alpha value is -3.77. The van der Waals surface area contributed by atoms with Crippen molar-refractivity contribution in [3.8, 4) is 11.5 Å². The molecule has 0 aliphatic carbocycles. The Morgan fingerprint density at radius 3 is 2.40 bits per heavy atom. The Morgan fingerprint density at radius 1 is 1.02 bits per heavy atom. The zero-order valence-corrected chi connectivity index (χ0v) is 26.5. The number of thiazole rings is 1. The highest BCUT2D eigenvalue weighted by atomic mass is 35.5. The van der Waals surface area contributed by atoms with Gasteiger partial charge in [-0.1, -0.05) is 70.4 Å². The fourth-order valence-electron chi connectivity index (χ4n) is 4.64. The molecule has 0 saturated heterocycles. The first-order valence-corrected chi connectivity index (χ1v) is 15.2. The van der Waals surface area contributed by atoms with Crippen LogP contribution in [0.4, 0.5) is 13.2 Å². The number of rotatable bonds is 8. The minimum Gasteiger partial charge on any atom is -0.493 e. The second-order valence-corrected chi connectivity index (χ2v) is 11.8. The summed E-state index contributed by atoms with van der Waals surface area (Å²) in [5.74, 6) is -0.484. The lowest BCUT2D eigenvalue weighted by Crippen LogP contribution is -2.41. The molecule has 14 heteroatoms. The van der Waals surface area contributed by atoms with Gasteiger partial charge in [0.15, 0.2) is 22.0 Å². The number of carbonyl (C=O) groups is 1. The van der Waals surface area contributed by atoms with E-state index in [2.05, 4.69) is 4.99 Å². The fraction of sp³-hybridized carbons (Fsp3) is 0.194. The first-order valence-electron chi connectivity index (χ1n) is 13.2. The molecular formula is C31H22Cl3F3N2O5S. The number of allylic oxidation sites excluding steroid dienone is 1. The van der Waals surface area contributed by atoms with Crippen molar-refractivity contribution in [1.82, 2.24) is 4.57 Å². The van der Waals surface area contributed by atoms with Crippen LogP contribution in [0, 0.1) is 0 Å². The molecule has 0 saturated carbocycles. The number of methoxy groups -OCH3 is 1. The van der Waals surface area contributed by atoms with Gasteiger partial charge in [0.2, 0.25) is 0 Å². The average molecular weight is 698 g/mol. The molecule has 0 fully saturated rings. The summed E-state index contributed by atoms with van der Waals surface area (Å²) in [7, 11) is 1.45. The van der Waals surface area contributed by atoms with Crippen LogP contribution in [-0.2, 0) is 16.1 Å². The van der Waals surface area contributed by atoms with Gasteiger partial charge in [0.25, 0.3) is 5.56 Å². The molecule has 1 aromatic heterocycles. The highest BCUT2D eigenvalue weighted by Crippen LogP contribution is 2.38. The van der Waals surface area contributed by atoms with E-state index in [-0.39, 0.29) is 28.1 Å². The number of aromatic nitrogens is 1. The molecule has 5 rings (SSSR count). The third-order valence-corrected chi connectivity index (χ3v) is 8.62. The van der Waals surface area contributed by atoms with Gasteiger partial charge in [-0.2, -0.15) is 13.2 Å². The zero-order chi connectivity index (χ0) is 32.5. The van der Waals surface area contributed by atoms with Crippen LogP contribution < -0.4 is 24.4 Å². The summed E-state index contributed by atoms with van der Waals surface area (Å²) < 4.78 is 60.4. The fourth-order valence-corrected chi connectivity index (χ4v) is 6.08. The van der Waals surface area contributed by atoms with E-state index in [4.69, 9.17) is 49.0 Å². The van der Waals surface area contributed by atoms with E-state index in [9.17, 15) is 22.8 Å². The minimum absolute atomic E-state index is 0.0749. The topological polar surface area (TPSA) is 79.1 Å².